The Morgan fingerprint density at radius 3 is 2.48 bits per heavy atom. The van der Waals surface area contributed by atoms with E-state index < -0.39 is 40.2 Å². The number of allylic oxidation sites excluding steroid dienone is 2. The number of imidazole rings is 1. The number of ether oxygens (including phenoxy) is 1. The van der Waals surface area contributed by atoms with Crippen molar-refractivity contribution in [3.05, 3.63) is 60.7 Å². The molecule has 2 aromatic carbocycles. The second-order valence-corrected chi connectivity index (χ2v) is 15.6. The smallest absolute Gasteiger partial charge is 0.303 e. The normalized spacial score (nSPS) is 21.3. The molecule has 5 unspecified atom stereocenters. The van der Waals surface area contributed by atoms with Crippen LogP contribution in [0.1, 0.15) is 64.8 Å². The average Bonchev–Trinajstić information content (AvgIpc) is 3.58. The minimum atomic E-state index is -3.78. The highest BCUT2D eigenvalue weighted by atomic mass is 32.2. The minimum absolute atomic E-state index is 0.0434. The fraction of sp³-hybridized carbons (Fsp3) is 0.500. The molecule has 270 valence electrons. The van der Waals surface area contributed by atoms with E-state index in [1.54, 1.807) is 0 Å². The molecule has 50 heavy (non-hydrogen) atoms. The molecule has 3 aromatic rings. The molecule has 2 aliphatic rings. The molecule has 0 radical (unpaired) electrons. The topological polar surface area (TPSA) is 183 Å². The van der Waals surface area contributed by atoms with Gasteiger partial charge in [-0.3, -0.25) is 19.0 Å². The zero-order chi connectivity index (χ0) is 36.2. The number of nitrogens with one attached hydrogen (secondary N) is 1. The number of amides is 3. The number of unbranched alkanes of at least 4 members (excludes halogenated alkanes) is 3. The number of rotatable bonds is 16. The Kier molecular flexibility index (Phi) is 11.6. The van der Waals surface area contributed by atoms with Crippen LogP contribution >= 0.6 is 0 Å². The summed E-state index contributed by atoms with van der Waals surface area (Å²) in [6.07, 6.45) is 8.12. The highest BCUT2D eigenvalue weighted by molar-refractivity contribution is 7.87. The molecule has 2 fully saturated rings. The van der Waals surface area contributed by atoms with Crippen molar-refractivity contribution in [1.82, 2.24) is 23.5 Å². The van der Waals surface area contributed by atoms with Crippen LogP contribution in [0.15, 0.2) is 60.7 Å². The molecule has 0 bridgehead atoms. The zero-order valence-corrected chi connectivity index (χ0v) is 30.0. The molecule has 1 aliphatic carbocycles. The van der Waals surface area contributed by atoms with Crippen LogP contribution in [0, 0.1) is 11.8 Å². The Morgan fingerprint density at radius 1 is 1.06 bits per heavy atom. The monoisotopic (exact) mass is 707 g/mol. The van der Waals surface area contributed by atoms with Gasteiger partial charge in [0.2, 0.25) is 17.7 Å². The largest absolute Gasteiger partial charge is 0.459 e. The highest BCUT2D eigenvalue weighted by Gasteiger charge is 2.43. The van der Waals surface area contributed by atoms with Crippen molar-refractivity contribution in [3.63, 3.8) is 0 Å². The second-order valence-electron chi connectivity index (χ2n) is 13.7. The summed E-state index contributed by atoms with van der Waals surface area (Å²) in [5.74, 6) is -1.67. The minimum Gasteiger partial charge on any atom is -0.459 e. The summed E-state index contributed by atoms with van der Waals surface area (Å²) in [5.41, 5.74) is 15.9. The first kappa shape index (κ1) is 37.0. The van der Waals surface area contributed by atoms with Gasteiger partial charge in [0.25, 0.3) is 6.01 Å². The predicted octanol–water partition coefficient (Wildman–Crippen LogP) is 3.51. The third kappa shape index (κ3) is 8.71. The fourth-order valence-electron chi connectivity index (χ4n) is 6.45. The SMILES string of the molecule is CC(C)n1c(OC2CC(C(N)=O)N(C(=O)C(N)CCCCCC=CC3CC3C(=O)NS(=O)(=O)N(C)C)C2)nc2cc(-c3ccccc3)ccc21. The summed E-state index contributed by atoms with van der Waals surface area (Å²) in [6, 6.07) is 15.1. The van der Waals surface area contributed by atoms with E-state index in [0.29, 0.717) is 18.9 Å². The van der Waals surface area contributed by atoms with Crippen molar-refractivity contribution in [2.45, 2.75) is 83.0 Å². The second kappa shape index (κ2) is 15.7. The summed E-state index contributed by atoms with van der Waals surface area (Å²) < 4.78 is 35.2. The van der Waals surface area contributed by atoms with Gasteiger partial charge in [0.05, 0.1) is 23.6 Å². The number of primary amides is 1. The van der Waals surface area contributed by atoms with Crippen LogP contribution in [0.3, 0.4) is 0 Å². The van der Waals surface area contributed by atoms with Gasteiger partial charge < -0.3 is 21.1 Å². The third-order valence-corrected chi connectivity index (χ3v) is 10.8. The maximum absolute atomic E-state index is 13.4. The molecule has 5 atom stereocenters. The maximum Gasteiger partial charge on any atom is 0.303 e. The van der Waals surface area contributed by atoms with Crippen LogP contribution < -0.4 is 20.9 Å². The van der Waals surface area contributed by atoms with E-state index in [1.807, 2.05) is 47.1 Å². The summed E-state index contributed by atoms with van der Waals surface area (Å²) in [6.45, 7) is 4.29. The Bertz CT molecular complexity index is 1820. The van der Waals surface area contributed by atoms with Crippen LogP contribution in [-0.4, -0.2) is 83.7 Å². The standard InChI is InChI=1S/C36H49N7O6S/c1-23(2)43-31-18-17-25(24-13-10-8-11-14-24)20-30(31)39-36(43)49-27-21-32(33(38)44)42(22-27)35(46)29(37)16-12-7-5-6-9-15-26-19-28(26)34(45)40-50(47,48)41(3)4/h8-11,13-15,17-18,20,23,26-29,32H,5-7,12,16,19,21-22,37H2,1-4H3,(H2,38,44)(H,40,45). The van der Waals surface area contributed by atoms with E-state index in [1.165, 1.54) is 19.0 Å². The zero-order valence-electron chi connectivity index (χ0n) is 29.2. The number of carbonyl (C=O) groups is 3. The number of likely N-dealkylation sites (tertiary alicyclic amines) is 1. The average molecular weight is 708 g/mol. The van der Waals surface area contributed by atoms with E-state index in [2.05, 4.69) is 36.8 Å². The summed E-state index contributed by atoms with van der Waals surface area (Å²) in [7, 11) is -1.05. The van der Waals surface area contributed by atoms with E-state index in [0.717, 1.165) is 52.1 Å². The van der Waals surface area contributed by atoms with Crippen molar-refractivity contribution >= 4 is 39.0 Å². The van der Waals surface area contributed by atoms with Crippen LogP contribution in [0.25, 0.3) is 22.2 Å². The van der Waals surface area contributed by atoms with Crippen molar-refractivity contribution in [2.75, 3.05) is 20.6 Å². The van der Waals surface area contributed by atoms with Crippen LogP contribution in [0.4, 0.5) is 0 Å². The van der Waals surface area contributed by atoms with E-state index in [4.69, 9.17) is 21.2 Å². The van der Waals surface area contributed by atoms with Gasteiger partial charge in [-0.05, 0) is 68.7 Å². The maximum atomic E-state index is 13.4. The highest BCUT2D eigenvalue weighted by Crippen LogP contribution is 2.40. The third-order valence-electron chi connectivity index (χ3n) is 9.40. The van der Waals surface area contributed by atoms with Gasteiger partial charge in [0.15, 0.2) is 0 Å². The first-order valence-corrected chi connectivity index (χ1v) is 18.7. The first-order chi connectivity index (χ1) is 23.8. The molecular weight excluding hydrogens is 659 g/mol. The summed E-state index contributed by atoms with van der Waals surface area (Å²) in [5, 5.41) is 0. The predicted molar refractivity (Wildman–Crippen MR) is 192 cm³/mol. The number of fused-ring (bicyclic) bond motifs is 1. The van der Waals surface area contributed by atoms with Gasteiger partial charge in [-0.15, -0.1) is 0 Å². The molecule has 1 saturated carbocycles. The molecule has 1 saturated heterocycles. The van der Waals surface area contributed by atoms with Gasteiger partial charge >= 0.3 is 10.2 Å². The van der Waals surface area contributed by atoms with Gasteiger partial charge in [0.1, 0.15) is 12.1 Å². The van der Waals surface area contributed by atoms with Crippen molar-refractivity contribution in [3.8, 4) is 17.1 Å². The lowest BCUT2D eigenvalue weighted by Gasteiger charge is -2.25. The molecule has 5 rings (SSSR count). The van der Waals surface area contributed by atoms with E-state index in [9.17, 15) is 22.8 Å². The van der Waals surface area contributed by atoms with E-state index >= 15 is 0 Å². The van der Waals surface area contributed by atoms with Gasteiger partial charge in [-0.25, -0.2) is 4.72 Å². The quantitative estimate of drug-likeness (QED) is 0.149. The Hall–Kier alpha value is -4.27. The number of hydrogen-bond donors (Lipinski definition) is 3. The van der Waals surface area contributed by atoms with Gasteiger partial charge in [-0.2, -0.15) is 17.7 Å². The molecular formula is C36H49N7O6S. The summed E-state index contributed by atoms with van der Waals surface area (Å²) >= 11 is 0. The molecule has 1 aliphatic heterocycles. The Morgan fingerprint density at radius 2 is 1.80 bits per heavy atom. The number of benzene rings is 2. The lowest BCUT2D eigenvalue weighted by molar-refractivity contribution is -0.138. The lowest BCUT2D eigenvalue weighted by Crippen LogP contribution is -2.50. The molecule has 0 spiro atoms. The lowest BCUT2D eigenvalue weighted by atomic mass is 10.1. The summed E-state index contributed by atoms with van der Waals surface area (Å²) in [4.78, 5) is 44.3. The number of aromatic nitrogens is 2. The fourth-order valence-corrected chi connectivity index (χ4v) is 7.04. The van der Waals surface area contributed by atoms with Crippen LogP contribution in [0.2, 0.25) is 0 Å². The van der Waals surface area contributed by atoms with Crippen molar-refractivity contribution in [2.24, 2.45) is 23.3 Å². The van der Waals surface area contributed by atoms with Gasteiger partial charge in [0, 0.05) is 32.5 Å². The number of nitrogens with two attached hydrogens (primary N) is 2. The van der Waals surface area contributed by atoms with Gasteiger partial charge in [-0.1, -0.05) is 61.4 Å². The molecule has 13 nitrogen and oxygen atoms in total. The molecule has 1 aromatic heterocycles. The first-order valence-electron chi connectivity index (χ1n) is 17.3. The number of nitrogens with zero attached hydrogens (tertiary/aromatic N) is 4. The molecule has 14 heteroatoms. The number of carbonyl (C=O) groups excluding carboxylic acids is 3. The Labute approximate surface area is 294 Å². The van der Waals surface area contributed by atoms with Crippen LogP contribution in [0.5, 0.6) is 6.01 Å². The number of hydrogen-bond acceptors (Lipinski definition) is 8. The molecule has 3 amide bonds. The molecule has 5 N–H and O–H groups in total. The van der Waals surface area contributed by atoms with Crippen molar-refractivity contribution < 1.29 is 27.5 Å². The molecule has 2 heterocycles. The Balaban J connectivity index is 1.10. The van der Waals surface area contributed by atoms with E-state index in [-0.39, 0.29) is 36.8 Å². The van der Waals surface area contributed by atoms with Crippen molar-refractivity contribution in [1.29, 1.82) is 0 Å². The van der Waals surface area contributed by atoms with Crippen LogP contribution in [-0.2, 0) is 24.6 Å².